The number of nitrogens with zero attached hydrogens (tertiary/aromatic N) is 2. The van der Waals surface area contributed by atoms with E-state index in [2.05, 4.69) is 0 Å². The molecule has 1 rings (SSSR count). The van der Waals surface area contributed by atoms with Crippen LogP contribution in [0.15, 0.2) is 0 Å². The molecule has 0 aliphatic carbocycles. The highest BCUT2D eigenvalue weighted by atomic mass is 16.2. The van der Waals surface area contributed by atoms with Crippen molar-refractivity contribution >= 4 is 11.8 Å². The number of hydrogen-bond acceptors (Lipinski definition) is 3. The first-order valence-electron chi connectivity index (χ1n) is 6.84. The Morgan fingerprint density at radius 2 is 1.39 bits per heavy atom. The van der Waals surface area contributed by atoms with Gasteiger partial charge in [-0.3, -0.25) is 9.59 Å². The second kappa shape index (κ2) is 6.73. The van der Waals surface area contributed by atoms with Gasteiger partial charge in [-0.05, 0) is 19.8 Å². The summed E-state index contributed by atoms with van der Waals surface area (Å²) in [6.45, 7) is 8.26. The molecule has 5 heteroatoms. The van der Waals surface area contributed by atoms with Crippen molar-refractivity contribution < 1.29 is 9.59 Å². The molecule has 0 aromatic rings. The zero-order valence-corrected chi connectivity index (χ0v) is 11.7. The highest BCUT2D eigenvalue weighted by Crippen LogP contribution is 2.14. The molecule has 0 radical (unpaired) electrons. The quantitative estimate of drug-likeness (QED) is 0.792. The van der Waals surface area contributed by atoms with Crippen LogP contribution in [-0.4, -0.2) is 53.8 Å². The molecule has 1 aliphatic rings. The van der Waals surface area contributed by atoms with E-state index in [1.807, 2.05) is 18.7 Å². The van der Waals surface area contributed by atoms with Crippen molar-refractivity contribution in [1.29, 1.82) is 0 Å². The highest BCUT2D eigenvalue weighted by Gasteiger charge is 2.27. The smallest absolute Gasteiger partial charge is 0.239 e. The van der Waals surface area contributed by atoms with Crippen LogP contribution in [0.2, 0.25) is 0 Å². The van der Waals surface area contributed by atoms with Crippen LogP contribution in [0, 0.1) is 5.92 Å². The van der Waals surface area contributed by atoms with Gasteiger partial charge in [0, 0.05) is 32.1 Å². The molecule has 0 aromatic carbocycles. The van der Waals surface area contributed by atoms with Crippen LogP contribution in [-0.2, 0) is 9.59 Å². The Morgan fingerprint density at radius 3 is 1.72 bits per heavy atom. The zero-order chi connectivity index (χ0) is 13.7. The molecule has 1 atom stereocenters. The van der Waals surface area contributed by atoms with Gasteiger partial charge in [-0.2, -0.15) is 0 Å². The summed E-state index contributed by atoms with van der Waals surface area (Å²) in [6.07, 6.45) is 1.77. The van der Waals surface area contributed by atoms with E-state index >= 15 is 0 Å². The molecular weight excluding hydrogens is 230 g/mol. The molecule has 5 nitrogen and oxygen atoms in total. The molecule has 2 amide bonds. The van der Waals surface area contributed by atoms with Crippen LogP contribution in [0.3, 0.4) is 0 Å². The van der Waals surface area contributed by atoms with Gasteiger partial charge >= 0.3 is 0 Å². The first-order chi connectivity index (χ1) is 8.51. The molecule has 1 fully saturated rings. The zero-order valence-electron chi connectivity index (χ0n) is 11.7. The van der Waals surface area contributed by atoms with Gasteiger partial charge in [0.1, 0.15) is 0 Å². The van der Waals surface area contributed by atoms with Crippen molar-refractivity contribution in [2.75, 3.05) is 26.2 Å². The van der Waals surface area contributed by atoms with Crippen molar-refractivity contribution in [3.05, 3.63) is 0 Å². The standard InChI is InChI=1S/C13H25N3O2/c1-4-11(5-2)13(18)16-8-6-15(7-9-16)12(17)10(3)14/h10-11H,4-9,14H2,1-3H3/t10-/m0/s1. The van der Waals surface area contributed by atoms with E-state index < -0.39 is 6.04 Å². The summed E-state index contributed by atoms with van der Waals surface area (Å²) in [4.78, 5) is 27.5. The van der Waals surface area contributed by atoms with Gasteiger partial charge in [-0.25, -0.2) is 0 Å². The Hall–Kier alpha value is -1.10. The lowest BCUT2D eigenvalue weighted by molar-refractivity contribution is -0.142. The molecule has 104 valence electrons. The molecule has 0 unspecified atom stereocenters. The topological polar surface area (TPSA) is 66.6 Å². The monoisotopic (exact) mass is 255 g/mol. The summed E-state index contributed by atoms with van der Waals surface area (Å²) >= 11 is 0. The minimum absolute atomic E-state index is 0.0235. The van der Waals surface area contributed by atoms with Gasteiger partial charge in [-0.1, -0.05) is 13.8 Å². The van der Waals surface area contributed by atoms with Crippen LogP contribution in [0.1, 0.15) is 33.6 Å². The number of rotatable bonds is 4. The number of carbonyl (C=O) groups is 2. The summed E-state index contributed by atoms with van der Waals surface area (Å²) < 4.78 is 0. The van der Waals surface area contributed by atoms with Gasteiger partial charge in [0.15, 0.2) is 0 Å². The number of carbonyl (C=O) groups excluding carboxylic acids is 2. The molecule has 0 saturated carbocycles. The fourth-order valence-corrected chi connectivity index (χ4v) is 2.33. The van der Waals surface area contributed by atoms with Crippen molar-refractivity contribution in [3.8, 4) is 0 Å². The van der Waals surface area contributed by atoms with Crippen molar-refractivity contribution in [2.45, 2.75) is 39.7 Å². The fourth-order valence-electron chi connectivity index (χ4n) is 2.33. The summed E-state index contributed by atoms with van der Waals surface area (Å²) in [5, 5.41) is 0. The SMILES string of the molecule is CCC(CC)C(=O)N1CCN(C(=O)[C@H](C)N)CC1. The van der Waals surface area contributed by atoms with Crippen LogP contribution in [0.4, 0.5) is 0 Å². The van der Waals surface area contributed by atoms with Crippen molar-refractivity contribution in [1.82, 2.24) is 9.80 Å². The maximum absolute atomic E-state index is 12.2. The van der Waals surface area contributed by atoms with E-state index in [9.17, 15) is 9.59 Å². The van der Waals surface area contributed by atoms with Gasteiger partial charge in [-0.15, -0.1) is 0 Å². The molecular formula is C13H25N3O2. The van der Waals surface area contributed by atoms with Crippen molar-refractivity contribution in [2.24, 2.45) is 11.7 Å². The summed E-state index contributed by atoms with van der Waals surface area (Å²) in [5.74, 6) is 0.332. The van der Waals surface area contributed by atoms with E-state index in [0.717, 1.165) is 12.8 Å². The van der Waals surface area contributed by atoms with E-state index in [1.54, 1.807) is 11.8 Å². The minimum atomic E-state index is -0.453. The lowest BCUT2D eigenvalue weighted by Crippen LogP contribution is -2.54. The molecule has 1 aliphatic heterocycles. The second-order valence-corrected chi connectivity index (χ2v) is 4.95. The fraction of sp³-hybridized carbons (Fsp3) is 0.846. The first kappa shape index (κ1) is 15.0. The van der Waals surface area contributed by atoms with Gasteiger partial charge in [0.2, 0.25) is 11.8 Å². The molecule has 0 aromatic heterocycles. The number of nitrogens with two attached hydrogens (primary N) is 1. The largest absolute Gasteiger partial charge is 0.339 e. The van der Waals surface area contributed by atoms with E-state index in [1.165, 1.54) is 0 Å². The Kier molecular flexibility index (Phi) is 5.59. The summed E-state index contributed by atoms with van der Waals surface area (Å²) in [6, 6.07) is -0.453. The predicted molar refractivity (Wildman–Crippen MR) is 70.9 cm³/mol. The summed E-state index contributed by atoms with van der Waals surface area (Å²) in [7, 11) is 0. The Bertz CT molecular complexity index is 293. The highest BCUT2D eigenvalue weighted by molar-refractivity contribution is 5.82. The van der Waals surface area contributed by atoms with Crippen LogP contribution in [0.25, 0.3) is 0 Å². The Morgan fingerprint density at radius 1 is 1.00 bits per heavy atom. The third-order valence-corrected chi connectivity index (χ3v) is 3.63. The lowest BCUT2D eigenvalue weighted by Gasteiger charge is -2.36. The van der Waals surface area contributed by atoms with Gasteiger partial charge in [0.25, 0.3) is 0 Å². The maximum Gasteiger partial charge on any atom is 0.239 e. The first-order valence-corrected chi connectivity index (χ1v) is 6.84. The molecule has 0 spiro atoms. The molecule has 1 saturated heterocycles. The molecule has 18 heavy (non-hydrogen) atoms. The van der Waals surface area contributed by atoms with Gasteiger partial charge < -0.3 is 15.5 Å². The minimum Gasteiger partial charge on any atom is -0.339 e. The second-order valence-electron chi connectivity index (χ2n) is 4.95. The average molecular weight is 255 g/mol. The van der Waals surface area contributed by atoms with Crippen LogP contribution < -0.4 is 5.73 Å². The van der Waals surface area contributed by atoms with E-state index in [4.69, 9.17) is 5.73 Å². The Labute approximate surface area is 109 Å². The number of amides is 2. The molecule has 2 N–H and O–H groups in total. The van der Waals surface area contributed by atoms with Gasteiger partial charge in [0.05, 0.1) is 6.04 Å². The maximum atomic E-state index is 12.2. The normalized spacial score (nSPS) is 18.1. The molecule has 1 heterocycles. The lowest BCUT2D eigenvalue weighted by atomic mass is 10.0. The summed E-state index contributed by atoms with van der Waals surface area (Å²) in [5.41, 5.74) is 5.58. The predicted octanol–water partition coefficient (Wildman–Crippen LogP) is 0.441. The van der Waals surface area contributed by atoms with Crippen LogP contribution in [0.5, 0.6) is 0 Å². The third-order valence-electron chi connectivity index (χ3n) is 3.63. The Balaban J connectivity index is 2.49. The number of hydrogen-bond donors (Lipinski definition) is 1. The van der Waals surface area contributed by atoms with E-state index in [-0.39, 0.29) is 17.7 Å². The third kappa shape index (κ3) is 3.45. The average Bonchev–Trinajstić information content (AvgIpc) is 2.39. The van der Waals surface area contributed by atoms with Crippen molar-refractivity contribution in [3.63, 3.8) is 0 Å². The molecule has 0 bridgehead atoms. The number of piperazine rings is 1. The van der Waals surface area contributed by atoms with Crippen LogP contribution >= 0.6 is 0 Å². The van der Waals surface area contributed by atoms with E-state index in [0.29, 0.717) is 26.2 Å².